The van der Waals surface area contributed by atoms with Crippen molar-refractivity contribution in [1.29, 1.82) is 0 Å². The van der Waals surface area contributed by atoms with Crippen LogP contribution >= 0.6 is 0 Å². The first-order chi connectivity index (χ1) is 29.8. The Hall–Kier alpha value is -7.94. The third-order valence-electron chi connectivity index (χ3n) is 11.8. The second-order valence-corrected chi connectivity index (χ2v) is 15.3. The van der Waals surface area contributed by atoms with E-state index in [1.807, 2.05) is 0 Å². The van der Waals surface area contributed by atoms with Crippen molar-refractivity contribution in [2.75, 3.05) is 4.90 Å². The van der Waals surface area contributed by atoms with Gasteiger partial charge in [-0.3, -0.25) is 0 Å². The molecule has 0 bridgehead atoms. The molecular weight excluding hydrogens is 725 g/mol. The van der Waals surface area contributed by atoms with Gasteiger partial charge in [0, 0.05) is 33.5 Å². The van der Waals surface area contributed by atoms with Crippen LogP contribution in [0.2, 0.25) is 0 Å². The molecule has 2 heteroatoms. The maximum atomic E-state index is 2.42. The quantitative estimate of drug-likeness (QED) is 0.150. The Morgan fingerprint density at radius 2 is 0.800 bits per heavy atom. The molecule has 0 unspecified atom stereocenters. The van der Waals surface area contributed by atoms with E-state index in [0.717, 1.165) is 28.3 Å². The summed E-state index contributed by atoms with van der Waals surface area (Å²) in [6, 6.07) is 87.8. The Morgan fingerprint density at radius 1 is 0.283 bits per heavy atom. The van der Waals surface area contributed by atoms with Gasteiger partial charge in [0.05, 0.1) is 11.0 Å². The highest BCUT2D eigenvalue weighted by Gasteiger charge is 2.20. The van der Waals surface area contributed by atoms with Crippen LogP contribution in [0.4, 0.5) is 17.1 Å². The molecule has 282 valence electrons. The average Bonchev–Trinajstić information content (AvgIpc) is 3.68. The Morgan fingerprint density at radius 3 is 1.52 bits per heavy atom. The summed E-state index contributed by atoms with van der Waals surface area (Å²) in [5.41, 5.74) is 16.4. The fourth-order valence-corrected chi connectivity index (χ4v) is 9.03. The number of hydrogen-bond donors (Lipinski definition) is 0. The normalized spacial score (nSPS) is 11.3. The molecule has 11 rings (SSSR count). The summed E-state index contributed by atoms with van der Waals surface area (Å²) in [6.07, 6.45) is 0. The highest BCUT2D eigenvalue weighted by Crippen LogP contribution is 2.44. The molecule has 0 atom stereocenters. The van der Waals surface area contributed by atoms with E-state index in [-0.39, 0.29) is 0 Å². The lowest BCUT2D eigenvalue weighted by Crippen LogP contribution is -2.10. The van der Waals surface area contributed by atoms with Crippen molar-refractivity contribution in [2.45, 2.75) is 0 Å². The van der Waals surface area contributed by atoms with E-state index < -0.39 is 0 Å². The van der Waals surface area contributed by atoms with Gasteiger partial charge in [-0.15, -0.1) is 0 Å². The molecule has 1 heterocycles. The molecule has 0 spiro atoms. The number of para-hydroxylation sites is 1. The predicted octanol–water partition coefficient (Wildman–Crippen LogP) is 16.1. The van der Waals surface area contributed by atoms with E-state index in [9.17, 15) is 0 Å². The second-order valence-electron chi connectivity index (χ2n) is 15.3. The first kappa shape index (κ1) is 35.2. The smallest absolute Gasteiger partial charge is 0.0547 e. The number of nitrogens with zero attached hydrogens (tertiary/aromatic N) is 2. The molecule has 1 aromatic heterocycles. The molecular formula is C58H40N2. The summed E-state index contributed by atoms with van der Waals surface area (Å²) in [5, 5.41) is 5.02. The number of hydrogen-bond acceptors (Lipinski definition) is 1. The molecule has 0 aliphatic carbocycles. The van der Waals surface area contributed by atoms with Crippen LogP contribution in [0.25, 0.3) is 82.8 Å². The highest BCUT2D eigenvalue weighted by atomic mass is 15.1. The highest BCUT2D eigenvalue weighted by molar-refractivity contribution is 6.25. The topological polar surface area (TPSA) is 8.17 Å². The molecule has 0 saturated carbocycles. The van der Waals surface area contributed by atoms with Gasteiger partial charge in [-0.1, -0.05) is 182 Å². The van der Waals surface area contributed by atoms with Crippen molar-refractivity contribution in [3.05, 3.63) is 243 Å². The maximum absolute atomic E-state index is 2.42. The summed E-state index contributed by atoms with van der Waals surface area (Å²) in [6.45, 7) is 0. The number of anilines is 3. The summed E-state index contributed by atoms with van der Waals surface area (Å²) in [5.74, 6) is 0. The Balaban J connectivity index is 1.10. The van der Waals surface area contributed by atoms with Crippen molar-refractivity contribution < 1.29 is 0 Å². The molecule has 60 heavy (non-hydrogen) atoms. The molecule has 0 amide bonds. The Bertz CT molecular complexity index is 3290. The minimum Gasteiger partial charge on any atom is -0.310 e. The van der Waals surface area contributed by atoms with Gasteiger partial charge in [-0.2, -0.15) is 0 Å². The second kappa shape index (κ2) is 15.1. The standard InChI is InChI=1S/C58H40N2/c1-4-17-41(18-5-1)45-22-14-26-49(39-45)59(48-36-33-44(34-37-48)52-29-13-12-28-51(52)42-19-6-2-7-20-42)50-27-15-23-46(40-50)54-31-16-32-55-58(54)57-53-30-11-10-21-43(53)35-38-56(57)60(55)47-24-8-3-9-25-47/h1-40H. The molecule has 0 radical (unpaired) electrons. The van der Waals surface area contributed by atoms with E-state index in [1.54, 1.807) is 0 Å². The lowest BCUT2D eigenvalue weighted by atomic mass is 9.94. The van der Waals surface area contributed by atoms with Gasteiger partial charge in [0.25, 0.3) is 0 Å². The minimum absolute atomic E-state index is 1.09. The first-order valence-corrected chi connectivity index (χ1v) is 20.6. The fourth-order valence-electron chi connectivity index (χ4n) is 9.03. The van der Waals surface area contributed by atoms with Gasteiger partial charge in [0.15, 0.2) is 0 Å². The SMILES string of the molecule is c1ccc(-c2cccc(N(c3ccc(-c4ccccc4-c4ccccc4)cc3)c3cccc(-c4cccc5c4c4c6ccccc6ccc4n5-c4ccccc4)c3)c2)cc1. The summed E-state index contributed by atoms with van der Waals surface area (Å²) in [7, 11) is 0. The molecule has 0 saturated heterocycles. The van der Waals surface area contributed by atoms with Crippen LogP contribution < -0.4 is 4.90 Å². The lowest BCUT2D eigenvalue weighted by molar-refractivity contribution is 1.18. The molecule has 2 nitrogen and oxygen atoms in total. The largest absolute Gasteiger partial charge is 0.310 e. The zero-order valence-electron chi connectivity index (χ0n) is 33.0. The third-order valence-corrected chi connectivity index (χ3v) is 11.8. The number of rotatable bonds is 8. The first-order valence-electron chi connectivity index (χ1n) is 20.6. The zero-order valence-corrected chi connectivity index (χ0v) is 33.0. The Kier molecular flexibility index (Phi) is 8.87. The van der Waals surface area contributed by atoms with Crippen LogP contribution in [0.5, 0.6) is 0 Å². The fraction of sp³-hybridized carbons (Fsp3) is 0. The molecule has 0 fully saturated rings. The average molecular weight is 765 g/mol. The van der Waals surface area contributed by atoms with Crippen molar-refractivity contribution in [1.82, 2.24) is 4.57 Å². The van der Waals surface area contributed by atoms with E-state index in [4.69, 9.17) is 0 Å². The maximum Gasteiger partial charge on any atom is 0.0547 e. The van der Waals surface area contributed by atoms with Crippen LogP contribution in [-0.2, 0) is 0 Å². The van der Waals surface area contributed by atoms with E-state index in [1.165, 1.54) is 71.5 Å². The number of aromatic nitrogens is 1. The van der Waals surface area contributed by atoms with E-state index >= 15 is 0 Å². The van der Waals surface area contributed by atoms with E-state index in [2.05, 4.69) is 252 Å². The molecule has 11 aromatic rings. The van der Waals surface area contributed by atoms with Crippen molar-refractivity contribution >= 4 is 49.6 Å². The van der Waals surface area contributed by atoms with Crippen LogP contribution in [-0.4, -0.2) is 4.57 Å². The summed E-state index contributed by atoms with van der Waals surface area (Å²) in [4.78, 5) is 2.39. The summed E-state index contributed by atoms with van der Waals surface area (Å²) >= 11 is 0. The van der Waals surface area contributed by atoms with Crippen LogP contribution in [0.15, 0.2) is 243 Å². The van der Waals surface area contributed by atoms with Gasteiger partial charge in [0.1, 0.15) is 0 Å². The number of benzene rings is 10. The monoisotopic (exact) mass is 764 g/mol. The van der Waals surface area contributed by atoms with Gasteiger partial charge in [0.2, 0.25) is 0 Å². The predicted molar refractivity (Wildman–Crippen MR) is 255 cm³/mol. The van der Waals surface area contributed by atoms with Crippen molar-refractivity contribution in [3.63, 3.8) is 0 Å². The van der Waals surface area contributed by atoms with Crippen LogP contribution in [0.1, 0.15) is 0 Å². The Labute approximate surface area is 350 Å². The van der Waals surface area contributed by atoms with Gasteiger partial charge in [-0.05, 0) is 116 Å². The molecule has 10 aromatic carbocycles. The van der Waals surface area contributed by atoms with E-state index in [0.29, 0.717) is 0 Å². The zero-order chi connectivity index (χ0) is 39.8. The molecule has 0 N–H and O–H groups in total. The van der Waals surface area contributed by atoms with Crippen LogP contribution in [0.3, 0.4) is 0 Å². The third kappa shape index (κ3) is 6.23. The minimum atomic E-state index is 1.09. The van der Waals surface area contributed by atoms with Gasteiger partial charge >= 0.3 is 0 Å². The van der Waals surface area contributed by atoms with Crippen molar-refractivity contribution in [3.8, 4) is 50.2 Å². The lowest BCUT2D eigenvalue weighted by Gasteiger charge is -2.27. The van der Waals surface area contributed by atoms with Crippen LogP contribution in [0, 0.1) is 0 Å². The van der Waals surface area contributed by atoms with Crippen molar-refractivity contribution in [2.24, 2.45) is 0 Å². The summed E-state index contributed by atoms with van der Waals surface area (Å²) < 4.78 is 2.42. The molecule has 0 aliphatic heterocycles. The molecule has 0 aliphatic rings. The van der Waals surface area contributed by atoms with Gasteiger partial charge in [-0.25, -0.2) is 0 Å². The van der Waals surface area contributed by atoms with Gasteiger partial charge < -0.3 is 9.47 Å². The number of fused-ring (bicyclic) bond motifs is 5.